The van der Waals surface area contributed by atoms with Gasteiger partial charge >= 0.3 is 5.97 Å². The lowest BCUT2D eigenvalue weighted by molar-refractivity contribution is -0.131. The number of carbonyl (C=O) groups is 3. The highest BCUT2D eigenvalue weighted by atomic mass is 16.5. The number of aryl methyl sites for hydroxylation is 1. The molecule has 0 aliphatic heterocycles. The summed E-state index contributed by atoms with van der Waals surface area (Å²) in [4.78, 5) is 36.6. The molecule has 0 spiro atoms. The Morgan fingerprint density at radius 3 is 2.29 bits per heavy atom. The first-order valence-electron chi connectivity index (χ1n) is 11.2. The van der Waals surface area contributed by atoms with E-state index in [1.54, 1.807) is 49.6 Å². The fraction of sp³-hybridized carbons (Fsp3) is 0.222. The van der Waals surface area contributed by atoms with Crippen LogP contribution in [0.3, 0.4) is 0 Å². The Morgan fingerprint density at radius 2 is 1.60 bits per heavy atom. The molecule has 2 amide bonds. The van der Waals surface area contributed by atoms with Crippen molar-refractivity contribution in [3.8, 4) is 17.2 Å². The number of para-hydroxylation sites is 2. The van der Waals surface area contributed by atoms with Crippen molar-refractivity contribution in [2.75, 3.05) is 24.4 Å². The van der Waals surface area contributed by atoms with Gasteiger partial charge in [0.1, 0.15) is 5.75 Å². The maximum atomic E-state index is 12.7. The lowest BCUT2D eigenvalue weighted by atomic mass is 10.1. The molecule has 8 heteroatoms. The van der Waals surface area contributed by atoms with E-state index in [4.69, 9.17) is 14.2 Å². The topological polar surface area (TPSA) is 103 Å². The first kappa shape index (κ1) is 25.3. The number of esters is 1. The summed E-state index contributed by atoms with van der Waals surface area (Å²) < 4.78 is 15.9. The Hall–Kier alpha value is -4.33. The highest BCUT2D eigenvalue weighted by Crippen LogP contribution is 2.29. The number of nitrogens with one attached hydrogen (secondary N) is 2. The number of benzene rings is 3. The molecule has 0 radical (unpaired) electrons. The molecule has 0 saturated heterocycles. The summed E-state index contributed by atoms with van der Waals surface area (Å²) in [6.07, 6.45) is 0.746. The van der Waals surface area contributed by atoms with Gasteiger partial charge < -0.3 is 24.8 Å². The first-order valence-corrected chi connectivity index (χ1v) is 11.2. The van der Waals surface area contributed by atoms with E-state index < -0.39 is 11.9 Å². The Morgan fingerprint density at radius 1 is 0.857 bits per heavy atom. The van der Waals surface area contributed by atoms with Gasteiger partial charge in [-0.25, -0.2) is 0 Å². The predicted molar refractivity (Wildman–Crippen MR) is 133 cm³/mol. The molecule has 0 bridgehead atoms. The summed E-state index contributed by atoms with van der Waals surface area (Å²) in [7, 11) is 1.58. The molecule has 0 aliphatic carbocycles. The van der Waals surface area contributed by atoms with Crippen molar-refractivity contribution in [1.29, 1.82) is 0 Å². The van der Waals surface area contributed by atoms with Crippen LogP contribution in [0, 0.1) is 0 Å². The van der Waals surface area contributed by atoms with Crippen molar-refractivity contribution in [1.82, 2.24) is 0 Å². The Kier molecular flexibility index (Phi) is 8.83. The van der Waals surface area contributed by atoms with Gasteiger partial charge in [-0.2, -0.15) is 0 Å². The monoisotopic (exact) mass is 476 g/mol. The van der Waals surface area contributed by atoms with Crippen LogP contribution in [-0.2, 0) is 16.0 Å². The van der Waals surface area contributed by atoms with E-state index in [1.165, 1.54) is 13.0 Å². The smallest absolute Gasteiger partial charge is 0.308 e. The average Bonchev–Trinajstić information content (AvgIpc) is 2.84. The van der Waals surface area contributed by atoms with Crippen LogP contribution in [0.4, 0.5) is 11.4 Å². The van der Waals surface area contributed by atoms with Crippen molar-refractivity contribution < 1.29 is 28.6 Å². The number of methoxy groups -OCH3 is 1. The Bertz CT molecular complexity index is 1210. The van der Waals surface area contributed by atoms with Gasteiger partial charge in [-0.15, -0.1) is 0 Å². The summed E-state index contributed by atoms with van der Waals surface area (Å²) >= 11 is 0. The molecule has 182 valence electrons. The minimum atomic E-state index is -0.473. The first-order chi connectivity index (χ1) is 16.9. The standard InChI is InChI=1S/C27H28N2O6/c1-4-34-24-14-12-19(16-25(24)33-3)13-15-26(31)28-22-10-5-6-11-23(22)29-27(32)20-8-7-9-21(17-20)35-18(2)30/h5-12,14,16-17H,4,13,15H2,1-3H3,(H,28,31)(H,29,32). The van der Waals surface area contributed by atoms with Gasteiger partial charge in [0, 0.05) is 18.9 Å². The zero-order valence-electron chi connectivity index (χ0n) is 19.9. The molecule has 0 unspecified atom stereocenters. The van der Waals surface area contributed by atoms with Crippen LogP contribution < -0.4 is 24.8 Å². The van der Waals surface area contributed by atoms with Crippen LogP contribution in [0.25, 0.3) is 0 Å². The van der Waals surface area contributed by atoms with Gasteiger partial charge in [0.15, 0.2) is 11.5 Å². The molecule has 35 heavy (non-hydrogen) atoms. The van der Waals surface area contributed by atoms with E-state index in [9.17, 15) is 14.4 Å². The molecular weight excluding hydrogens is 448 g/mol. The minimum absolute atomic E-state index is 0.198. The zero-order valence-corrected chi connectivity index (χ0v) is 19.9. The van der Waals surface area contributed by atoms with Crippen LogP contribution >= 0.6 is 0 Å². The van der Waals surface area contributed by atoms with E-state index in [0.29, 0.717) is 41.5 Å². The summed E-state index contributed by atoms with van der Waals surface area (Å²) in [5.74, 6) is 0.484. The lowest BCUT2D eigenvalue weighted by Gasteiger charge is -2.13. The fourth-order valence-corrected chi connectivity index (χ4v) is 3.38. The third-order valence-electron chi connectivity index (χ3n) is 4.98. The number of ether oxygens (including phenoxy) is 3. The molecule has 3 rings (SSSR count). The number of hydrogen-bond acceptors (Lipinski definition) is 6. The van der Waals surface area contributed by atoms with Gasteiger partial charge in [0.25, 0.3) is 5.91 Å². The summed E-state index contributed by atoms with van der Waals surface area (Å²) in [5, 5.41) is 5.65. The van der Waals surface area contributed by atoms with Gasteiger partial charge in [0.05, 0.1) is 25.1 Å². The molecule has 3 aromatic carbocycles. The third kappa shape index (κ3) is 7.33. The van der Waals surface area contributed by atoms with Gasteiger partial charge in [-0.1, -0.05) is 24.3 Å². The number of amides is 2. The van der Waals surface area contributed by atoms with E-state index in [2.05, 4.69) is 10.6 Å². The molecular formula is C27H28N2O6. The second kappa shape index (κ2) is 12.2. The predicted octanol–water partition coefficient (Wildman–Crippen LogP) is 4.84. The molecule has 0 saturated carbocycles. The van der Waals surface area contributed by atoms with Crippen LogP contribution in [0.15, 0.2) is 66.7 Å². The zero-order chi connectivity index (χ0) is 25.2. The van der Waals surface area contributed by atoms with Gasteiger partial charge in [0.2, 0.25) is 5.91 Å². The fourth-order valence-electron chi connectivity index (χ4n) is 3.38. The molecule has 0 atom stereocenters. The van der Waals surface area contributed by atoms with E-state index >= 15 is 0 Å². The molecule has 8 nitrogen and oxygen atoms in total. The molecule has 0 fully saturated rings. The van der Waals surface area contributed by atoms with Crippen LogP contribution in [0.1, 0.15) is 36.2 Å². The van der Waals surface area contributed by atoms with Crippen LogP contribution in [0.2, 0.25) is 0 Å². The van der Waals surface area contributed by atoms with E-state index in [1.807, 2.05) is 25.1 Å². The second-order valence-corrected chi connectivity index (χ2v) is 7.59. The number of carbonyl (C=O) groups excluding carboxylic acids is 3. The van der Waals surface area contributed by atoms with Crippen LogP contribution in [0.5, 0.6) is 17.2 Å². The third-order valence-corrected chi connectivity index (χ3v) is 4.98. The lowest BCUT2D eigenvalue weighted by Crippen LogP contribution is -2.17. The number of anilines is 2. The SMILES string of the molecule is CCOc1ccc(CCC(=O)Nc2ccccc2NC(=O)c2cccc(OC(C)=O)c2)cc1OC. The van der Waals surface area contributed by atoms with Crippen molar-refractivity contribution in [3.63, 3.8) is 0 Å². The molecule has 2 N–H and O–H groups in total. The van der Waals surface area contributed by atoms with Crippen molar-refractivity contribution >= 4 is 29.2 Å². The highest BCUT2D eigenvalue weighted by molar-refractivity contribution is 6.07. The summed E-state index contributed by atoms with van der Waals surface area (Å²) in [6, 6.07) is 18.8. The second-order valence-electron chi connectivity index (χ2n) is 7.59. The van der Waals surface area contributed by atoms with Crippen molar-refractivity contribution in [2.24, 2.45) is 0 Å². The number of hydrogen-bond donors (Lipinski definition) is 2. The van der Waals surface area contributed by atoms with E-state index in [-0.39, 0.29) is 18.1 Å². The van der Waals surface area contributed by atoms with Crippen LogP contribution in [-0.4, -0.2) is 31.5 Å². The number of rotatable bonds is 10. The van der Waals surface area contributed by atoms with Gasteiger partial charge in [-0.3, -0.25) is 14.4 Å². The maximum Gasteiger partial charge on any atom is 0.308 e. The maximum absolute atomic E-state index is 12.7. The quantitative estimate of drug-likeness (QED) is 0.321. The highest BCUT2D eigenvalue weighted by Gasteiger charge is 2.13. The van der Waals surface area contributed by atoms with E-state index in [0.717, 1.165) is 5.56 Å². The van der Waals surface area contributed by atoms with Gasteiger partial charge in [-0.05, 0) is 61.4 Å². The molecule has 0 heterocycles. The largest absolute Gasteiger partial charge is 0.493 e. The molecule has 3 aromatic rings. The minimum Gasteiger partial charge on any atom is -0.493 e. The summed E-state index contributed by atoms with van der Waals surface area (Å²) in [6.45, 7) is 3.72. The molecule has 0 aliphatic rings. The average molecular weight is 477 g/mol. The van der Waals surface area contributed by atoms with Crippen molar-refractivity contribution in [2.45, 2.75) is 26.7 Å². The molecule has 0 aromatic heterocycles. The normalized spacial score (nSPS) is 10.3. The Labute approximate surface area is 204 Å². The summed E-state index contributed by atoms with van der Waals surface area (Å²) in [5.41, 5.74) is 2.18. The Balaban J connectivity index is 1.63. The van der Waals surface area contributed by atoms with Crippen molar-refractivity contribution in [3.05, 3.63) is 77.9 Å².